The van der Waals surface area contributed by atoms with Crippen molar-refractivity contribution in [1.29, 1.82) is 0 Å². The highest BCUT2D eigenvalue weighted by Crippen LogP contribution is 2.18. The van der Waals surface area contributed by atoms with Crippen molar-refractivity contribution in [3.05, 3.63) is 61.7 Å². The van der Waals surface area contributed by atoms with Gasteiger partial charge in [-0.05, 0) is 66.3 Å². The monoisotopic (exact) mass is 457 g/mol. The van der Waals surface area contributed by atoms with Crippen LogP contribution in [-0.4, -0.2) is 18.4 Å². The molecule has 0 atom stereocenters. The average Bonchev–Trinajstić information content (AvgIpc) is 2.51. The minimum Gasteiger partial charge on any atom is -0.376 e. The molecule has 126 valence electrons. The molecular weight excluding hydrogens is 441 g/mol. The number of hydrogen-bond acceptors (Lipinski definition) is 3. The van der Waals surface area contributed by atoms with Crippen molar-refractivity contribution in [2.45, 2.75) is 13.8 Å². The van der Waals surface area contributed by atoms with Crippen molar-refractivity contribution in [2.24, 2.45) is 0 Å². The van der Waals surface area contributed by atoms with Gasteiger partial charge in [0.05, 0.1) is 12.1 Å². The number of amides is 2. The van der Waals surface area contributed by atoms with E-state index in [1.54, 1.807) is 18.2 Å². The van der Waals surface area contributed by atoms with Gasteiger partial charge in [-0.25, -0.2) is 0 Å². The Morgan fingerprint density at radius 1 is 1.08 bits per heavy atom. The Morgan fingerprint density at radius 3 is 2.50 bits per heavy atom. The Morgan fingerprint density at radius 2 is 1.83 bits per heavy atom. The molecule has 0 spiro atoms. The second-order valence-electron chi connectivity index (χ2n) is 5.30. The first kappa shape index (κ1) is 18.5. The van der Waals surface area contributed by atoms with E-state index in [1.165, 1.54) is 0 Å². The summed E-state index contributed by atoms with van der Waals surface area (Å²) in [7, 11) is 0. The van der Waals surface area contributed by atoms with E-state index in [1.807, 2.05) is 54.6 Å². The molecule has 0 fully saturated rings. The fourth-order valence-corrected chi connectivity index (χ4v) is 3.22. The lowest BCUT2D eigenvalue weighted by Crippen LogP contribution is -2.44. The van der Waals surface area contributed by atoms with E-state index in [0.717, 1.165) is 16.8 Å². The minimum atomic E-state index is -0.393. The smallest absolute Gasteiger partial charge is 0.270 e. The molecule has 0 bridgehead atoms. The van der Waals surface area contributed by atoms with Crippen molar-refractivity contribution < 1.29 is 9.59 Å². The largest absolute Gasteiger partial charge is 0.376 e. The van der Waals surface area contributed by atoms with Crippen LogP contribution in [0.1, 0.15) is 21.5 Å². The summed E-state index contributed by atoms with van der Waals surface area (Å²) < 4.78 is 0.709. The third-order valence-electron chi connectivity index (χ3n) is 3.31. The maximum Gasteiger partial charge on any atom is 0.270 e. The molecule has 0 unspecified atom stereocenters. The number of hydrogen-bond donors (Lipinski definition) is 3. The fraction of sp³-hybridized carbons (Fsp3) is 0.176. The zero-order valence-corrected chi connectivity index (χ0v) is 16.2. The molecule has 2 amide bonds. The standard InChI is InChI=1S/C17H17ClIN3O2/c1-10-3-6-15(11(2)7-10)20-9-16(23)21-22-17(24)13-5-4-12(18)8-14(13)19/h3-8,20H,9H2,1-2H3,(H,21,23)(H,22,24). The summed E-state index contributed by atoms with van der Waals surface area (Å²) in [6.45, 7) is 4.04. The van der Waals surface area contributed by atoms with Gasteiger partial charge in [-0.3, -0.25) is 20.4 Å². The Balaban J connectivity index is 1.85. The van der Waals surface area contributed by atoms with Crippen LogP contribution in [0.3, 0.4) is 0 Å². The zero-order chi connectivity index (χ0) is 17.7. The number of nitrogens with one attached hydrogen (secondary N) is 3. The molecule has 0 saturated carbocycles. The molecule has 0 aliphatic heterocycles. The molecule has 24 heavy (non-hydrogen) atoms. The van der Waals surface area contributed by atoms with Gasteiger partial charge in [-0.1, -0.05) is 29.3 Å². The first-order valence-corrected chi connectivity index (χ1v) is 8.68. The molecule has 7 heteroatoms. The van der Waals surface area contributed by atoms with Gasteiger partial charge in [-0.2, -0.15) is 0 Å². The van der Waals surface area contributed by atoms with Gasteiger partial charge in [0.25, 0.3) is 11.8 Å². The van der Waals surface area contributed by atoms with Gasteiger partial charge in [0.2, 0.25) is 0 Å². The first-order valence-electron chi connectivity index (χ1n) is 7.22. The molecule has 3 N–H and O–H groups in total. The van der Waals surface area contributed by atoms with Gasteiger partial charge < -0.3 is 5.32 Å². The summed E-state index contributed by atoms with van der Waals surface area (Å²) in [5.74, 6) is -0.733. The Labute approximate surface area is 159 Å². The van der Waals surface area contributed by atoms with E-state index < -0.39 is 5.91 Å². The van der Waals surface area contributed by atoms with Gasteiger partial charge in [0, 0.05) is 14.3 Å². The molecule has 0 heterocycles. The van der Waals surface area contributed by atoms with Crippen molar-refractivity contribution >= 4 is 51.7 Å². The van der Waals surface area contributed by atoms with Crippen molar-refractivity contribution in [3.8, 4) is 0 Å². The van der Waals surface area contributed by atoms with Crippen LogP contribution >= 0.6 is 34.2 Å². The van der Waals surface area contributed by atoms with E-state index in [4.69, 9.17) is 11.6 Å². The van der Waals surface area contributed by atoms with Crippen LogP contribution in [-0.2, 0) is 4.79 Å². The Bertz CT molecular complexity index is 780. The van der Waals surface area contributed by atoms with Crippen LogP contribution in [0.25, 0.3) is 0 Å². The molecule has 0 aliphatic rings. The molecule has 0 radical (unpaired) electrons. The predicted octanol–water partition coefficient (Wildman–Crippen LogP) is 3.43. The first-order chi connectivity index (χ1) is 11.4. The summed E-state index contributed by atoms with van der Waals surface area (Å²) in [6, 6.07) is 10.8. The lowest BCUT2D eigenvalue weighted by Gasteiger charge is -2.12. The molecule has 2 rings (SSSR count). The number of aryl methyl sites for hydroxylation is 2. The lowest BCUT2D eigenvalue weighted by molar-refractivity contribution is -0.120. The minimum absolute atomic E-state index is 0.0574. The van der Waals surface area contributed by atoms with E-state index in [0.29, 0.717) is 14.2 Å². The maximum atomic E-state index is 12.1. The van der Waals surface area contributed by atoms with Gasteiger partial charge in [-0.15, -0.1) is 0 Å². The highest BCUT2D eigenvalue weighted by Gasteiger charge is 2.11. The molecule has 0 aromatic heterocycles. The number of rotatable bonds is 4. The number of halogens is 2. The van der Waals surface area contributed by atoms with Crippen molar-refractivity contribution in [1.82, 2.24) is 10.9 Å². The van der Waals surface area contributed by atoms with Crippen LogP contribution < -0.4 is 16.2 Å². The third-order valence-corrected chi connectivity index (χ3v) is 4.44. The molecular formula is C17H17ClIN3O2. The quantitative estimate of drug-likeness (QED) is 0.487. The number of hydrazine groups is 1. The maximum absolute atomic E-state index is 12.1. The molecule has 0 saturated heterocycles. The lowest BCUT2D eigenvalue weighted by atomic mass is 10.1. The number of anilines is 1. The van der Waals surface area contributed by atoms with Gasteiger partial charge in [0.1, 0.15) is 0 Å². The zero-order valence-electron chi connectivity index (χ0n) is 13.2. The second-order valence-corrected chi connectivity index (χ2v) is 6.90. The van der Waals surface area contributed by atoms with Crippen LogP contribution in [0.4, 0.5) is 5.69 Å². The van der Waals surface area contributed by atoms with E-state index in [-0.39, 0.29) is 12.5 Å². The van der Waals surface area contributed by atoms with Gasteiger partial charge >= 0.3 is 0 Å². The molecule has 0 aliphatic carbocycles. The molecule has 5 nitrogen and oxygen atoms in total. The molecule has 2 aromatic rings. The fourth-order valence-electron chi connectivity index (χ4n) is 2.10. The van der Waals surface area contributed by atoms with Gasteiger partial charge in [0.15, 0.2) is 0 Å². The highest BCUT2D eigenvalue weighted by molar-refractivity contribution is 14.1. The van der Waals surface area contributed by atoms with E-state index in [2.05, 4.69) is 16.2 Å². The normalized spacial score (nSPS) is 10.2. The molecule has 2 aromatic carbocycles. The van der Waals surface area contributed by atoms with Crippen LogP contribution in [0, 0.1) is 17.4 Å². The SMILES string of the molecule is Cc1ccc(NCC(=O)NNC(=O)c2ccc(Cl)cc2I)c(C)c1. The second kappa shape index (κ2) is 8.34. The summed E-state index contributed by atoms with van der Waals surface area (Å²) >= 11 is 7.88. The van der Waals surface area contributed by atoms with E-state index >= 15 is 0 Å². The van der Waals surface area contributed by atoms with E-state index in [9.17, 15) is 9.59 Å². The summed E-state index contributed by atoms with van der Waals surface area (Å²) in [5, 5.41) is 3.59. The number of carbonyl (C=O) groups excluding carboxylic acids is 2. The summed E-state index contributed by atoms with van der Waals surface area (Å²) in [6.07, 6.45) is 0. The third kappa shape index (κ3) is 5.10. The summed E-state index contributed by atoms with van der Waals surface area (Å²) in [4.78, 5) is 23.9. The Hall–Kier alpha value is -1.80. The number of benzene rings is 2. The van der Waals surface area contributed by atoms with Crippen LogP contribution in [0.5, 0.6) is 0 Å². The van der Waals surface area contributed by atoms with Crippen LogP contribution in [0.2, 0.25) is 5.02 Å². The number of carbonyl (C=O) groups is 2. The highest BCUT2D eigenvalue weighted by atomic mass is 127. The Kier molecular flexibility index (Phi) is 6.44. The topological polar surface area (TPSA) is 70.2 Å². The van der Waals surface area contributed by atoms with Crippen LogP contribution in [0.15, 0.2) is 36.4 Å². The summed E-state index contributed by atoms with van der Waals surface area (Å²) in [5.41, 5.74) is 8.33. The average molecular weight is 458 g/mol. The van der Waals surface area contributed by atoms with Crippen molar-refractivity contribution in [2.75, 3.05) is 11.9 Å². The van der Waals surface area contributed by atoms with Crippen molar-refractivity contribution in [3.63, 3.8) is 0 Å². The predicted molar refractivity (Wildman–Crippen MR) is 104 cm³/mol.